The SMILES string of the molecule is CSC1CCC(NCC(O)COc2cccc(C#N)c2)C1. The summed E-state index contributed by atoms with van der Waals surface area (Å²) in [5.74, 6) is 0.622. The first kappa shape index (κ1) is 16.2. The van der Waals surface area contributed by atoms with Gasteiger partial charge in [0.05, 0.1) is 11.6 Å². The number of ether oxygens (including phenoxy) is 1. The van der Waals surface area contributed by atoms with Crippen molar-refractivity contribution in [3.05, 3.63) is 29.8 Å². The Labute approximate surface area is 130 Å². The number of aliphatic hydroxyl groups is 1. The van der Waals surface area contributed by atoms with Crippen molar-refractivity contribution < 1.29 is 9.84 Å². The van der Waals surface area contributed by atoms with Gasteiger partial charge in [0.15, 0.2) is 0 Å². The molecule has 1 aliphatic carbocycles. The second kappa shape index (κ2) is 8.28. The maximum atomic E-state index is 9.96. The van der Waals surface area contributed by atoms with Gasteiger partial charge in [-0.25, -0.2) is 0 Å². The van der Waals surface area contributed by atoms with Gasteiger partial charge in [-0.3, -0.25) is 0 Å². The van der Waals surface area contributed by atoms with Crippen LogP contribution in [-0.2, 0) is 0 Å². The van der Waals surface area contributed by atoms with Gasteiger partial charge in [-0.15, -0.1) is 0 Å². The fourth-order valence-electron chi connectivity index (χ4n) is 2.55. The molecular formula is C16H22N2O2S. The molecule has 2 rings (SSSR count). The summed E-state index contributed by atoms with van der Waals surface area (Å²) in [5, 5.41) is 22.9. The quantitative estimate of drug-likeness (QED) is 0.808. The molecule has 0 aliphatic heterocycles. The second-order valence-corrected chi connectivity index (χ2v) is 6.52. The largest absolute Gasteiger partial charge is 0.491 e. The predicted molar refractivity (Wildman–Crippen MR) is 85.6 cm³/mol. The maximum Gasteiger partial charge on any atom is 0.120 e. The van der Waals surface area contributed by atoms with Gasteiger partial charge in [0.25, 0.3) is 0 Å². The summed E-state index contributed by atoms with van der Waals surface area (Å²) in [6.45, 7) is 0.782. The van der Waals surface area contributed by atoms with Crippen molar-refractivity contribution in [1.82, 2.24) is 5.32 Å². The molecule has 0 amide bonds. The third-order valence-electron chi connectivity index (χ3n) is 3.77. The van der Waals surface area contributed by atoms with Crippen LogP contribution >= 0.6 is 11.8 Å². The van der Waals surface area contributed by atoms with Gasteiger partial charge in [0.1, 0.15) is 18.5 Å². The van der Waals surface area contributed by atoms with E-state index < -0.39 is 6.10 Å². The highest BCUT2D eigenvalue weighted by molar-refractivity contribution is 7.99. The summed E-state index contributed by atoms with van der Waals surface area (Å²) >= 11 is 1.93. The van der Waals surface area contributed by atoms with Gasteiger partial charge in [0.2, 0.25) is 0 Å². The van der Waals surface area contributed by atoms with E-state index in [9.17, 15) is 5.11 Å². The van der Waals surface area contributed by atoms with E-state index in [1.54, 1.807) is 24.3 Å². The molecule has 114 valence electrons. The lowest BCUT2D eigenvalue weighted by atomic mass is 10.2. The summed E-state index contributed by atoms with van der Waals surface area (Å²) in [4.78, 5) is 0. The zero-order chi connectivity index (χ0) is 15.1. The van der Waals surface area contributed by atoms with E-state index in [-0.39, 0.29) is 6.61 Å². The molecule has 0 saturated heterocycles. The van der Waals surface area contributed by atoms with E-state index in [0.29, 0.717) is 23.9 Å². The molecular weight excluding hydrogens is 284 g/mol. The fraction of sp³-hybridized carbons (Fsp3) is 0.562. The van der Waals surface area contributed by atoms with Crippen LogP contribution in [0.3, 0.4) is 0 Å². The molecule has 3 unspecified atom stereocenters. The molecule has 5 heteroatoms. The average Bonchev–Trinajstić information content (AvgIpc) is 2.99. The lowest BCUT2D eigenvalue weighted by Crippen LogP contribution is -2.37. The van der Waals surface area contributed by atoms with E-state index in [1.165, 1.54) is 19.3 Å². The van der Waals surface area contributed by atoms with E-state index in [0.717, 1.165) is 5.25 Å². The van der Waals surface area contributed by atoms with E-state index >= 15 is 0 Å². The number of nitrogens with one attached hydrogen (secondary N) is 1. The lowest BCUT2D eigenvalue weighted by molar-refractivity contribution is 0.104. The molecule has 1 fully saturated rings. The highest BCUT2D eigenvalue weighted by Crippen LogP contribution is 2.28. The highest BCUT2D eigenvalue weighted by atomic mass is 32.2. The molecule has 2 N–H and O–H groups in total. The summed E-state index contributed by atoms with van der Waals surface area (Å²) in [6.07, 6.45) is 5.24. The van der Waals surface area contributed by atoms with Crippen molar-refractivity contribution in [3.8, 4) is 11.8 Å². The molecule has 0 spiro atoms. The van der Waals surface area contributed by atoms with Crippen LogP contribution in [0.25, 0.3) is 0 Å². The molecule has 1 saturated carbocycles. The molecule has 21 heavy (non-hydrogen) atoms. The third-order valence-corrected chi connectivity index (χ3v) is 4.86. The van der Waals surface area contributed by atoms with Crippen molar-refractivity contribution in [2.75, 3.05) is 19.4 Å². The number of thioether (sulfide) groups is 1. The topological polar surface area (TPSA) is 65.3 Å². The van der Waals surface area contributed by atoms with Gasteiger partial charge >= 0.3 is 0 Å². The molecule has 1 aromatic rings. The summed E-state index contributed by atoms with van der Waals surface area (Å²) < 4.78 is 5.52. The molecule has 0 bridgehead atoms. The molecule has 0 heterocycles. The minimum absolute atomic E-state index is 0.237. The van der Waals surface area contributed by atoms with Gasteiger partial charge in [0, 0.05) is 17.8 Å². The van der Waals surface area contributed by atoms with Crippen molar-refractivity contribution in [2.24, 2.45) is 0 Å². The number of benzene rings is 1. The first-order valence-electron chi connectivity index (χ1n) is 7.28. The van der Waals surface area contributed by atoms with Crippen LogP contribution in [-0.4, -0.2) is 41.9 Å². The number of aliphatic hydroxyl groups excluding tert-OH is 1. The Morgan fingerprint density at radius 1 is 1.52 bits per heavy atom. The number of nitriles is 1. The Bertz CT molecular complexity index is 489. The first-order chi connectivity index (χ1) is 10.2. The van der Waals surface area contributed by atoms with Crippen LogP contribution in [0.2, 0.25) is 0 Å². The molecule has 4 nitrogen and oxygen atoms in total. The standard InChI is InChI=1S/C16H22N2O2S/c1-21-16-6-5-13(8-16)18-10-14(19)11-20-15-4-2-3-12(7-15)9-17/h2-4,7,13-14,16,18-19H,5-6,8,10-11H2,1H3. The Morgan fingerprint density at radius 2 is 2.38 bits per heavy atom. The summed E-state index contributed by atoms with van der Waals surface area (Å²) in [6, 6.07) is 9.56. The van der Waals surface area contributed by atoms with Crippen LogP contribution in [0.5, 0.6) is 5.75 Å². The Kier molecular flexibility index (Phi) is 6.37. The van der Waals surface area contributed by atoms with Crippen LogP contribution in [0.15, 0.2) is 24.3 Å². The normalized spacial score (nSPS) is 22.7. The van der Waals surface area contributed by atoms with Gasteiger partial charge in [-0.1, -0.05) is 6.07 Å². The summed E-state index contributed by atoms with van der Waals surface area (Å²) in [5.41, 5.74) is 0.564. The molecule has 1 aromatic carbocycles. The first-order valence-corrected chi connectivity index (χ1v) is 8.57. The molecule has 3 atom stereocenters. The highest BCUT2D eigenvalue weighted by Gasteiger charge is 2.23. The smallest absolute Gasteiger partial charge is 0.120 e. The minimum atomic E-state index is -0.538. The Morgan fingerprint density at radius 3 is 3.10 bits per heavy atom. The van der Waals surface area contributed by atoms with Crippen molar-refractivity contribution >= 4 is 11.8 Å². The van der Waals surface area contributed by atoms with Crippen molar-refractivity contribution in [2.45, 2.75) is 36.7 Å². The van der Waals surface area contributed by atoms with Gasteiger partial charge in [-0.05, 0) is 43.7 Å². The Balaban J connectivity index is 1.68. The molecule has 1 aliphatic rings. The number of nitrogens with zero attached hydrogens (tertiary/aromatic N) is 1. The van der Waals surface area contributed by atoms with Gasteiger partial charge in [-0.2, -0.15) is 17.0 Å². The van der Waals surface area contributed by atoms with Crippen molar-refractivity contribution in [3.63, 3.8) is 0 Å². The lowest BCUT2D eigenvalue weighted by Gasteiger charge is -2.17. The van der Waals surface area contributed by atoms with Crippen LogP contribution in [0.4, 0.5) is 0 Å². The van der Waals surface area contributed by atoms with Gasteiger partial charge < -0.3 is 15.2 Å². The number of hydrogen-bond acceptors (Lipinski definition) is 5. The predicted octanol–water partition coefficient (Wildman–Crippen LogP) is 2.17. The monoisotopic (exact) mass is 306 g/mol. The minimum Gasteiger partial charge on any atom is -0.491 e. The second-order valence-electron chi connectivity index (χ2n) is 5.38. The zero-order valence-electron chi connectivity index (χ0n) is 12.3. The zero-order valence-corrected chi connectivity index (χ0v) is 13.1. The fourth-order valence-corrected chi connectivity index (χ4v) is 3.35. The van der Waals surface area contributed by atoms with Crippen LogP contribution in [0, 0.1) is 11.3 Å². The molecule has 0 radical (unpaired) electrons. The maximum absolute atomic E-state index is 9.96. The van der Waals surface area contributed by atoms with E-state index in [1.807, 2.05) is 11.8 Å². The molecule has 0 aromatic heterocycles. The van der Waals surface area contributed by atoms with Crippen molar-refractivity contribution in [1.29, 1.82) is 5.26 Å². The Hall–Kier alpha value is -1.22. The van der Waals surface area contributed by atoms with Crippen LogP contribution < -0.4 is 10.1 Å². The van der Waals surface area contributed by atoms with Crippen LogP contribution in [0.1, 0.15) is 24.8 Å². The van der Waals surface area contributed by atoms with E-state index in [2.05, 4.69) is 17.6 Å². The van der Waals surface area contributed by atoms with E-state index in [4.69, 9.17) is 10.00 Å². The number of rotatable bonds is 7. The average molecular weight is 306 g/mol. The summed E-state index contributed by atoms with van der Waals surface area (Å²) in [7, 11) is 0. The third kappa shape index (κ3) is 5.24. The number of hydrogen-bond donors (Lipinski definition) is 2.